The Bertz CT molecular complexity index is 597. The number of ether oxygens (including phenoxy) is 2. The molecule has 0 unspecified atom stereocenters. The predicted octanol–water partition coefficient (Wildman–Crippen LogP) is 2.13. The van der Waals surface area contributed by atoms with Gasteiger partial charge in [0.05, 0.1) is 0 Å². The van der Waals surface area contributed by atoms with Gasteiger partial charge < -0.3 is 20.9 Å². The molecule has 122 valence electrons. The molecule has 0 aliphatic carbocycles. The topological polar surface area (TPSA) is 118 Å². The summed E-state index contributed by atoms with van der Waals surface area (Å²) in [4.78, 5) is 0. The summed E-state index contributed by atoms with van der Waals surface area (Å²) in [5.74, 6) is 1.45. The average molecular weight is 335 g/mol. The average Bonchev–Trinajstić information content (AvgIpc) is 2.52. The zero-order valence-electron chi connectivity index (χ0n) is 12.4. The molecule has 7 heteroatoms. The Labute approximate surface area is 140 Å². The van der Waals surface area contributed by atoms with Gasteiger partial charge in [-0.25, -0.2) is 0 Å². The Hall–Kier alpha value is -2.73. The molecule has 0 aliphatic rings. The molecule has 0 atom stereocenters. The lowest BCUT2D eigenvalue weighted by Crippen LogP contribution is -2.12. The van der Waals surface area contributed by atoms with E-state index < -0.39 is 0 Å². The maximum atomic E-state index is 7.31. The van der Waals surface area contributed by atoms with Crippen LogP contribution in [-0.2, 0) is 0 Å². The first-order valence-corrected chi connectivity index (χ1v) is 6.71. The van der Waals surface area contributed by atoms with E-state index in [1.807, 2.05) is 0 Å². The van der Waals surface area contributed by atoms with E-state index in [2.05, 4.69) is 0 Å². The standard InChI is InChI=1S/C16H18N4O2.ClH/c17-15(18)11-1-5-13(6-2-11)21-9-10-22-14-7-3-12(4-8-14)16(19)20;/h1-8H,9-10H2,(H3,17,18)(H3,19,20);1H. The fourth-order valence-electron chi connectivity index (χ4n) is 1.78. The second kappa shape index (κ2) is 8.65. The van der Waals surface area contributed by atoms with Crippen LogP contribution in [0.25, 0.3) is 0 Å². The molecule has 0 saturated heterocycles. The van der Waals surface area contributed by atoms with E-state index in [0.717, 1.165) is 0 Å². The zero-order valence-corrected chi connectivity index (χ0v) is 13.2. The van der Waals surface area contributed by atoms with Crippen molar-refractivity contribution in [3.05, 3.63) is 59.7 Å². The van der Waals surface area contributed by atoms with E-state index in [4.69, 9.17) is 31.8 Å². The SMILES string of the molecule is Cl.N=C(N)c1ccc(OCCOc2ccc(C(=N)N)cc2)cc1. The Balaban J connectivity index is 0.00000264. The number of benzene rings is 2. The van der Waals surface area contributed by atoms with E-state index in [-0.39, 0.29) is 24.1 Å². The van der Waals surface area contributed by atoms with Gasteiger partial charge in [-0.05, 0) is 48.5 Å². The second-order valence-corrected chi connectivity index (χ2v) is 4.57. The highest BCUT2D eigenvalue weighted by molar-refractivity contribution is 5.95. The van der Waals surface area contributed by atoms with Crippen LogP contribution in [0.15, 0.2) is 48.5 Å². The van der Waals surface area contributed by atoms with Crippen molar-refractivity contribution in [1.82, 2.24) is 0 Å². The highest BCUT2D eigenvalue weighted by atomic mass is 35.5. The smallest absolute Gasteiger partial charge is 0.122 e. The number of hydrogen-bond donors (Lipinski definition) is 4. The molecule has 0 radical (unpaired) electrons. The van der Waals surface area contributed by atoms with Gasteiger partial charge in [-0.3, -0.25) is 10.8 Å². The summed E-state index contributed by atoms with van der Waals surface area (Å²) >= 11 is 0. The van der Waals surface area contributed by atoms with Crippen molar-refractivity contribution in [3.63, 3.8) is 0 Å². The largest absolute Gasteiger partial charge is 0.490 e. The highest BCUT2D eigenvalue weighted by Crippen LogP contribution is 2.13. The summed E-state index contributed by atoms with van der Waals surface area (Å²) in [6.45, 7) is 0.793. The van der Waals surface area contributed by atoms with Crippen molar-refractivity contribution in [1.29, 1.82) is 10.8 Å². The van der Waals surface area contributed by atoms with E-state index in [1.54, 1.807) is 48.5 Å². The first kappa shape index (κ1) is 18.3. The molecule has 6 nitrogen and oxygen atoms in total. The van der Waals surface area contributed by atoms with Crippen molar-refractivity contribution in [2.45, 2.75) is 0 Å². The van der Waals surface area contributed by atoms with Crippen LogP contribution in [0.1, 0.15) is 11.1 Å². The van der Waals surface area contributed by atoms with Crippen molar-refractivity contribution in [3.8, 4) is 11.5 Å². The molecular weight excluding hydrogens is 316 g/mol. The number of rotatable bonds is 7. The van der Waals surface area contributed by atoms with Crippen LogP contribution in [0, 0.1) is 10.8 Å². The predicted molar refractivity (Wildman–Crippen MR) is 93.2 cm³/mol. The zero-order chi connectivity index (χ0) is 15.9. The summed E-state index contributed by atoms with van der Waals surface area (Å²) in [7, 11) is 0. The molecule has 0 aliphatic heterocycles. The molecule has 6 N–H and O–H groups in total. The monoisotopic (exact) mass is 334 g/mol. The number of nitrogens with one attached hydrogen (secondary N) is 2. The molecule has 0 aromatic heterocycles. The van der Waals surface area contributed by atoms with Gasteiger partial charge in [-0.15, -0.1) is 12.4 Å². The minimum Gasteiger partial charge on any atom is -0.490 e. The van der Waals surface area contributed by atoms with Gasteiger partial charge in [0, 0.05) is 11.1 Å². The third-order valence-electron chi connectivity index (χ3n) is 2.95. The molecule has 0 amide bonds. The van der Waals surface area contributed by atoms with Gasteiger partial charge in [0.1, 0.15) is 36.4 Å². The van der Waals surface area contributed by atoms with Gasteiger partial charge >= 0.3 is 0 Å². The lowest BCUT2D eigenvalue weighted by atomic mass is 10.2. The normalized spacial score (nSPS) is 9.57. The molecule has 0 fully saturated rings. The van der Waals surface area contributed by atoms with E-state index >= 15 is 0 Å². The summed E-state index contributed by atoms with van der Waals surface area (Å²) in [5, 5.41) is 14.6. The summed E-state index contributed by atoms with van der Waals surface area (Å²) in [6, 6.07) is 14.0. The van der Waals surface area contributed by atoms with Gasteiger partial charge in [0.15, 0.2) is 0 Å². The number of nitrogen functional groups attached to an aromatic ring is 2. The lowest BCUT2D eigenvalue weighted by Gasteiger charge is -2.09. The summed E-state index contributed by atoms with van der Waals surface area (Å²) < 4.78 is 11.1. The fourth-order valence-corrected chi connectivity index (χ4v) is 1.78. The van der Waals surface area contributed by atoms with Gasteiger partial charge in [0.25, 0.3) is 0 Å². The number of hydrogen-bond acceptors (Lipinski definition) is 4. The molecule has 23 heavy (non-hydrogen) atoms. The van der Waals surface area contributed by atoms with E-state index in [0.29, 0.717) is 35.8 Å². The van der Waals surface area contributed by atoms with Crippen LogP contribution in [0.2, 0.25) is 0 Å². The molecule has 0 heterocycles. The summed E-state index contributed by atoms with van der Waals surface area (Å²) in [5.41, 5.74) is 12.1. The molecule has 0 spiro atoms. The Morgan fingerprint density at radius 3 is 1.26 bits per heavy atom. The highest BCUT2D eigenvalue weighted by Gasteiger charge is 2.00. The maximum absolute atomic E-state index is 7.31. The van der Waals surface area contributed by atoms with Crippen LogP contribution in [0.3, 0.4) is 0 Å². The van der Waals surface area contributed by atoms with Crippen LogP contribution < -0.4 is 20.9 Å². The fraction of sp³-hybridized carbons (Fsp3) is 0.125. The molecule has 0 saturated carbocycles. The Kier molecular flexibility index (Phi) is 6.89. The molecule has 2 aromatic carbocycles. The van der Waals surface area contributed by atoms with E-state index in [1.165, 1.54) is 0 Å². The van der Waals surface area contributed by atoms with Gasteiger partial charge in [0.2, 0.25) is 0 Å². The van der Waals surface area contributed by atoms with Crippen LogP contribution in [0.5, 0.6) is 11.5 Å². The summed E-state index contributed by atoms with van der Waals surface area (Å²) in [6.07, 6.45) is 0. The van der Waals surface area contributed by atoms with Crippen molar-refractivity contribution >= 4 is 24.1 Å². The second-order valence-electron chi connectivity index (χ2n) is 4.57. The molecular formula is C16H19ClN4O2. The van der Waals surface area contributed by atoms with Crippen LogP contribution >= 0.6 is 12.4 Å². The van der Waals surface area contributed by atoms with Crippen molar-refractivity contribution < 1.29 is 9.47 Å². The molecule has 0 bridgehead atoms. The minimum absolute atomic E-state index is 0. The first-order chi connectivity index (χ1) is 10.6. The molecule has 2 aromatic rings. The number of halogens is 1. The first-order valence-electron chi connectivity index (χ1n) is 6.71. The van der Waals surface area contributed by atoms with Crippen molar-refractivity contribution in [2.24, 2.45) is 11.5 Å². The lowest BCUT2D eigenvalue weighted by molar-refractivity contribution is 0.217. The Morgan fingerprint density at radius 2 is 1.00 bits per heavy atom. The van der Waals surface area contributed by atoms with Crippen LogP contribution in [-0.4, -0.2) is 24.9 Å². The van der Waals surface area contributed by atoms with Gasteiger partial charge in [-0.2, -0.15) is 0 Å². The third-order valence-corrected chi connectivity index (χ3v) is 2.95. The quantitative estimate of drug-likeness (QED) is 0.352. The van der Waals surface area contributed by atoms with E-state index in [9.17, 15) is 0 Å². The number of amidine groups is 2. The van der Waals surface area contributed by atoms with Crippen LogP contribution in [0.4, 0.5) is 0 Å². The minimum atomic E-state index is 0. The van der Waals surface area contributed by atoms with Gasteiger partial charge in [-0.1, -0.05) is 0 Å². The van der Waals surface area contributed by atoms with Crippen molar-refractivity contribution in [2.75, 3.05) is 13.2 Å². The molecule has 2 rings (SSSR count). The number of nitrogens with two attached hydrogens (primary N) is 2. The Morgan fingerprint density at radius 1 is 0.696 bits per heavy atom. The third kappa shape index (κ3) is 5.52. The maximum Gasteiger partial charge on any atom is 0.122 e.